The number of morpholine rings is 1. The second-order valence-electron chi connectivity index (χ2n) is 7.77. The summed E-state index contributed by atoms with van der Waals surface area (Å²) in [5.74, 6) is 0.697. The Labute approximate surface area is 144 Å². The molecule has 0 radical (unpaired) electrons. The van der Waals surface area contributed by atoms with Crippen LogP contribution in [0.15, 0.2) is 24.3 Å². The minimum atomic E-state index is 0.305. The molecule has 2 fully saturated rings. The van der Waals surface area contributed by atoms with E-state index in [0.717, 1.165) is 19.5 Å². The Morgan fingerprint density at radius 2 is 1.88 bits per heavy atom. The Hall–Kier alpha value is -1.39. The van der Waals surface area contributed by atoms with E-state index in [1.807, 2.05) is 4.90 Å². The summed E-state index contributed by atoms with van der Waals surface area (Å²) in [5, 5.41) is 0. The number of rotatable bonds is 2. The summed E-state index contributed by atoms with van der Waals surface area (Å²) in [7, 11) is 2.22. The SMILES string of the molecule is CN1CCC2(CC1)C[C@@H](CC(=O)N1CCOCC1)c1ccccc12. The second-order valence-corrected chi connectivity index (χ2v) is 7.77. The minimum Gasteiger partial charge on any atom is -0.378 e. The lowest BCUT2D eigenvalue weighted by Crippen LogP contribution is -2.41. The van der Waals surface area contributed by atoms with Crippen LogP contribution in [0.1, 0.15) is 42.7 Å². The van der Waals surface area contributed by atoms with E-state index >= 15 is 0 Å². The molecule has 24 heavy (non-hydrogen) atoms. The molecule has 0 bridgehead atoms. The molecule has 1 atom stereocenters. The van der Waals surface area contributed by atoms with Crippen molar-refractivity contribution < 1.29 is 9.53 Å². The number of carbonyl (C=O) groups excluding carboxylic acids is 1. The van der Waals surface area contributed by atoms with Crippen molar-refractivity contribution in [3.63, 3.8) is 0 Å². The van der Waals surface area contributed by atoms with E-state index in [1.54, 1.807) is 0 Å². The van der Waals surface area contributed by atoms with Gasteiger partial charge in [-0.1, -0.05) is 24.3 Å². The van der Waals surface area contributed by atoms with E-state index in [-0.39, 0.29) is 0 Å². The second kappa shape index (κ2) is 6.49. The van der Waals surface area contributed by atoms with Gasteiger partial charge in [0.05, 0.1) is 13.2 Å². The zero-order chi connectivity index (χ0) is 16.6. The molecule has 0 aromatic heterocycles. The fraction of sp³-hybridized carbons (Fsp3) is 0.650. The van der Waals surface area contributed by atoms with Gasteiger partial charge in [-0.05, 0) is 61.9 Å². The van der Waals surface area contributed by atoms with Crippen LogP contribution in [0, 0.1) is 0 Å². The third-order valence-corrected chi connectivity index (χ3v) is 6.34. The molecule has 1 aromatic carbocycles. The Kier molecular flexibility index (Phi) is 4.35. The van der Waals surface area contributed by atoms with E-state index in [4.69, 9.17) is 4.74 Å². The topological polar surface area (TPSA) is 32.8 Å². The van der Waals surface area contributed by atoms with Gasteiger partial charge in [-0.25, -0.2) is 0 Å². The predicted octanol–water partition coefficient (Wildman–Crippen LogP) is 2.39. The zero-order valence-corrected chi connectivity index (χ0v) is 14.7. The van der Waals surface area contributed by atoms with Gasteiger partial charge in [0.25, 0.3) is 0 Å². The van der Waals surface area contributed by atoms with Gasteiger partial charge < -0.3 is 14.5 Å². The van der Waals surface area contributed by atoms with Crippen LogP contribution < -0.4 is 0 Å². The Bertz CT molecular complexity index is 601. The van der Waals surface area contributed by atoms with Crippen molar-refractivity contribution in [2.24, 2.45) is 0 Å². The van der Waals surface area contributed by atoms with Crippen molar-refractivity contribution in [1.82, 2.24) is 9.80 Å². The van der Waals surface area contributed by atoms with Crippen LogP contribution in [0.3, 0.4) is 0 Å². The molecular weight excluding hydrogens is 300 g/mol. The number of ether oxygens (including phenoxy) is 1. The number of fused-ring (bicyclic) bond motifs is 2. The Balaban J connectivity index is 1.53. The van der Waals surface area contributed by atoms with Gasteiger partial charge >= 0.3 is 0 Å². The van der Waals surface area contributed by atoms with E-state index in [2.05, 4.69) is 36.2 Å². The van der Waals surface area contributed by atoms with Crippen molar-refractivity contribution in [3.8, 4) is 0 Å². The number of piperidine rings is 1. The molecule has 2 saturated heterocycles. The quantitative estimate of drug-likeness (QED) is 0.836. The van der Waals surface area contributed by atoms with Crippen LogP contribution in [-0.4, -0.2) is 62.1 Å². The van der Waals surface area contributed by atoms with Crippen molar-refractivity contribution in [1.29, 1.82) is 0 Å². The maximum Gasteiger partial charge on any atom is 0.223 e. The monoisotopic (exact) mass is 328 g/mol. The van der Waals surface area contributed by atoms with Gasteiger partial charge in [0.15, 0.2) is 0 Å². The lowest BCUT2D eigenvalue weighted by Gasteiger charge is -2.39. The van der Waals surface area contributed by atoms with Crippen LogP contribution in [0.5, 0.6) is 0 Å². The molecule has 0 unspecified atom stereocenters. The molecule has 4 rings (SSSR count). The standard InChI is InChI=1S/C20H28N2O2/c1-21-8-6-20(7-9-21)15-16(17-4-2-3-5-18(17)20)14-19(23)22-10-12-24-13-11-22/h2-5,16H,6-15H2,1H3/t16-/m1/s1. The number of likely N-dealkylation sites (tertiary alicyclic amines) is 1. The van der Waals surface area contributed by atoms with Crippen LogP contribution in [-0.2, 0) is 14.9 Å². The number of carbonyl (C=O) groups is 1. The van der Waals surface area contributed by atoms with Gasteiger partial charge in [-0.3, -0.25) is 4.79 Å². The Morgan fingerprint density at radius 1 is 1.17 bits per heavy atom. The fourth-order valence-corrected chi connectivity index (χ4v) is 4.88. The fourth-order valence-electron chi connectivity index (χ4n) is 4.88. The van der Waals surface area contributed by atoms with Gasteiger partial charge in [0.1, 0.15) is 0 Å². The number of hydrogen-bond acceptors (Lipinski definition) is 3. The summed E-state index contributed by atoms with van der Waals surface area (Å²) in [6.07, 6.45) is 4.26. The highest BCUT2D eigenvalue weighted by Crippen LogP contribution is 2.52. The van der Waals surface area contributed by atoms with Crippen LogP contribution in [0.4, 0.5) is 0 Å². The molecule has 4 heteroatoms. The average Bonchev–Trinajstić information content (AvgIpc) is 2.92. The normalized spacial score (nSPS) is 26.5. The van der Waals surface area contributed by atoms with Crippen LogP contribution in [0.25, 0.3) is 0 Å². The predicted molar refractivity (Wildman–Crippen MR) is 94.2 cm³/mol. The molecule has 2 heterocycles. The average molecular weight is 328 g/mol. The molecule has 0 saturated carbocycles. The lowest BCUT2D eigenvalue weighted by molar-refractivity contribution is -0.135. The molecular formula is C20H28N2O2. The van der Waals surface area contributed by atoms with E-state index in [1.165, 1.54) is 37.1 Å². The first-order valence-electron chi connectivity index (χ1n) is 9.31. The molecule has 0 N–H and O–H groups in total. The summed E-state index contributed by atoms with van der Waals surface area (Å²) in [6.45, 7) is 5.20. The molecule has 2 aliphatic heterocycles. The molecule has 1 amide bonds. The summed E-state index contributed by atoms with van der Waals surface area (Å²) < 4.78 is 5.38. The highest BCUT2D eigenvalue weighted by molar-refractivity contribution is 5.77. The maximum absolute atomic E-state index is 12.7. The first-order valence-corrected chi connectivity index (χ1v) is 9.31. The van der Waals surface area contributed by atoms with Crippen LogP contribution >= 0.6 is 0 Å². The van der Waals surface area contributed by atoms with Gasteiger partial charge in [0.2, 0.25) is 5.91 Å². The highest BCUT2D eigenvalue weighted by Gasteiger charge is 2.45. The lowest BCUT2D eigenvalue weighted by atomic mass is 9.73. The zero-order valence-electron chi connectivity index (χ0n) is 14.7. The van der Waals surface area contributed by atoms with Crippen molar-refractivity contribution in [3.05, 3.63) is 35.4 Å². The van der Waals surface area contributed by atoms with Gasteiger partial charge in [-0.2, -0.15) is 0 Å². The Morgan fingerprint density at radius 3 is 2.62 bits per heavy atom. The molecule has 130 valence electrons. The first-order chi connectivity index (χ1) is 11.7. The first kappa shape index (κ1) is 16.1. The van der Waals surface area contributed by atoms with Gasteiger partial charge in [0, 0.05) is 19.5 Å². The van der Waals surface area contributed by atoms with Crippen molar-refractivity contribution >= 4 is 5.91 Å². The minimum absolute atomic E-state index is 0.305. The molecule has 1 aromatic rings. The third kappa shape index (κ3) is 2.86. The smallest absolute Gasteiger partial charge is 0.223 e. The molecule has 3 aliphatic rings. The summed E-state index contributed by atoms with van der Waals surface area (Å²) in [4.78, 5) is 17.2. The highest BCUT2D eigenvalue weighted by atomic mass is 16.5. The third-order valence-electron chi connectivity index (χ3n) is 6.34. The van der Waals surface area contributed by atoms with E-state index in [9.17, 15) is 4.79 Å². The summed E-state index contributed by atoms with van der Waals surface area (Å²) in [6, 6.07) is 8.89. The van der Waals surface area contributed by atoms with Gasteiger partial charge in [-0.15, -0.1) is 0 Å². The van der Waals surface area contributed by atoms with E-state index in [0.29, 0.717) is 36.9 Å². The number of hydrogen-bond donors (Lipinski definition) is 0. The molecule has 1 aliphatic carbocycles. The maximum atomic E-state index is 12.7. The summed E-state index contributed by atoms with van der Waals surface area (Å²) in [5.41, 5.74) is 3.26. The number of amides is 1. The van der Waals surface area contributed by atoms with Crippen LogP contribution in [0.2, 0.25) is 0 Å². The van der Waals surface area contributed by atoms with Crippen molar-refractivity contribution in [2.75, 3.05) is 46.4 Å². The number of nitrogens with zero attached hydrogens (tertiary/aromatic N) is 2. The number of benzene rings is 1. The molecule has 4 nitrogen and oxygen atoms in total. The van der Waals surface area contributed by atoms with Crippen molar-refractivity contribution in [2.45, 2.75) is 37.0 Å². The summed E-state index contributed by atoms with van der Waals surface area (Å²) >= 11 is 0. The molecule has 1 spiro atoms. The largest absolute Gasteiger partial charge is 0.378 e. The van der Waals surface area contributed by atoms with E-state index < -0.39 is 0 Å².